The van der Waals surface area contributed by atoms with Crippen molar-refractivity contribution >= 4 is 35.0 Å². The van der Waals surface area contributed by atoms with Gasteiger partial charge in [-0.15, -0.1) is 0 Å². The van der Waals surface area contributed by atoms with Gasteiger partial charge in [0, 0.05) is 6.20 Å². The van der Waals surface area contributed by atoms with Crippen LogP contribution >= 0.6 is 23.5 Å². The van der Waals surface area contributed by atoms with Gasteiger partial charge in [-0.05, 0) is 59.9 Å². The molecule has 3 aromatic rings. The molecular formula is C18H12ClF3N3OS+. The quantitative estimate of drug-likeness (QED) is 0.274. The van der Waals surface area contributed by atoms with E-state index >= 15 is 0 Å². The number of nitrogens with zero attached hydrogens (tertiary/aromatic N) is 2. The van der Waals surface area contributed by atoms with Gasteiger partial charge in [0.05, 0.1) is 21.8 Å². The Balaban J connectivity index is 1.77. The molecule has 0 aliphatic carbocycles. The topological polar surface area (TPSA) is 59.2 Å². The summed E-state index contributed by atoms with van der Waals surface area (Å²) in [6.45, 7) is 0. The summed E-state index contributed by atoms with van der Waals surface area (Å²) in [5, 5.41) is 0.0464. The minimum atomic E-state index is -0.765. The minimum Gasteiger partial charge on any atom is -0.323 e. The van der Waals surface area contributed by atoms with Crippen molar-refractivity contribution in [3.63, 3.8) is 0 Å². The number of benzene rings is 2. The second-order valence-corrected chi connectivity index (χ2v) is 6.54. The summed E-state index contributed by atoms with van der Waals surface area (Å²) in [4.78, 5) is 17.7. The normalized spacial score (nSPS) is 10.7. The Morgan fingerprint density at radius 2 is 1.81 bits per heavy atom. The zero-order valence-electron chi connectivity index (χ0n) is 13.6. The fourth-order valence-corrected chi connectivity index (χ4v) is 3.07. The maximum Gasteiger partial charge on any atom is 0.329 e. The lowest BCUT2D eigenvalue weighted by atomic mass is 10.1. The van der Waals surface area contributed by atoms with Crippen LogP contribution in [0.15, 0.2) is 53.6 Å². The largest absolute Gasteiger partial charge is 0.329 e. The van der Waals surface area contributed by atoms with E-state index in [4.69, 9.17) is 11.6 Å². The Bertz CT molecular complexity index is 983. The van der Waals surface area contributed by atoms with Gasteiger partial charge in [0.15, 0.2) is 0 Å². The number of hydrogen-bond donors (Lipinski definition) is 1. The van der Waals surface area contributed by atoms with Crippen molar-refractivity contribution in [2.24, 2.45) is 0 Å². The Hall–Kier alpha value is -2.58. The second-order valence-electron chi connectivity index (χ2n) is 5.39. The molecule has 27 heavy (non-hydrogen) atoms. The molecule has 0 spiro atoms. The monoisotopic (exact) mass is 410 g/mol. The van der Waals surface area contributed by atoms with E-state index in [9.17, 15) is 18.0 Å². The number of carbonyl (C=O) groups excluding carboxylic acids is 1. The van der Waals surface area contributed by atoms with E-state index in [-0.39, 0.29) is 28.1 Å². The molecule has 9 heteroatoms. The molecular weight excluding hydrogens is 399 g/mol. The molecule has 0 aliphatic rings. The first-order chi connectivity index (χ1) is 12.9. The molecule has 0 saturated carbocycles. The van der Waals surface area contributed by atoms with Crippen LogP contribution in [0.4, 0.5) is 18.9 Å². The first kappa shape index (κ1) is 19.2. The van der Waals surface area contributed by atoms with Crippen LogP contribution in [0.5, 0.6) is 0 Å². The van der Waals surface area contributed by atoms with Gasteiger partial charge in [-0.1, -0.05) is 6.07 Å². The summed E-state index contributed by atoms with van der Waals surface area (Å²) in [5.74, 6) is -2.24. The van der Waals surface area contributed by atoms with E-state index < -0.39 is 17.5 Å². The summed E-state index contributed by atoms with van der Waals surface area (Å²) in [5.41, 5.74) is 0.768. The van der Waals surface area contributed by atoms with Gasteiger partial charge in [0.1, 0.15) is 23.9 Å². The third-order valence-corrected chi connectivity index (χ3v) is 4.61. The Kier molecular flexibility index (Phi) is 5.98. The van der Waals surface area contributed by atoms with Gasteiger partial charge >= 0.3 is 5.78 Å². The van der Waals surface area contributed by atoms with Crippen molar-refractivity contribution in [3.8, 4) is 0 Å². The maximum atomic E-state index is 14.0. The van der Waals surface area contributed by atoms with Crippen LogP contribution in [0.2, 0.25) is 5.28 Å². The van der Waals surface area contributed by atoms with Gasteiger partial charge in [-0.3, -0.25) is 4.79 Å². The van der Waals surface area contributed by atoms with Crippen LogP contribution in [0, 0.1) is 17.5 Å². The summed E-state index contributed by atoms with van der Waals surface area (Å²) < 4.78 is 43.9. The Labute approximate surface area is 161 Å². The predicted octanol–water partition coefficient (Wildman–Crippen LogP) is 4.80. The number of aromatic nitrogens is 2. The molecule has 0 fully saturated rings. The zero-order chi connectivity index (χ0) is 19.4. The summed E-state index contributed by atoms with van der Waals surface area (Å²) in [7, 11) is 0. The van der Waals surface area contributed by atoms with Gasteiger partial charge < -0.3 is 4.72 Å². The van der Waals surface area contributed by atoms with Gasteiger partial charge in [0.2, 0.25) is 5.28 Å². The third-order valence-electron chi connectivity index (χ3n) is 3.51. The van der Waals surface area contributed by atoms with Gasteiger partial charge in [0.25, 0.3) is 0 Å². The molecule has 1 heterocycles. The number of halogens is 4. The lowest BCUT2D eigenvalue weighted by Gasteiger charge is -2.09. The Morgan fingerprint density at radius 3 is 2.52 bits per heavy atom. The second kappa shape index (κ2) is 8.41. The van der Waals surface area contributed by atoms with Crippen molar-refractivity contribution in [2.75, 3.05) is 4.72 Å². The number of hydrogen-bond acceptors (Lipinski definition) is 4. The van der Waals surface area contributed by atoms with Crippen molar-refractivity contribution in [3.05, 3.63) is 82.7 Å². The van der Waals surface area contributed by atoms with Crippen molar-refractivity contribution in [1.29, 1.82) is 0 Å². The SMILES string of the molecule is [OH+]=C(Cc1ccnc(Cl)n1)c1ccc(F)c(NSc2c(F)cccc2F)c1. The minimum absolute atomic E-state index is 0.0348. The highest BCUT2D eigenvalue weighted by molar-refractivity contribution is 8.00. The van der Waals surface area contributed by atoms with Crippen LogP contribution in [-0.2, 0) is 6.42 Å². The molecule has 2 N–H and O–H groups in total. The van der Waals surface area contributed by atoms with Crippen molar-refractivity contribution in [1.82, 2.24) is 9.97 Å². The molecule has 1 aromatic heterocycles. The third kappa shape index (κ3) is 4.78. The summed E-state index contributed by atoms with van der Waals surface area (Å²) in [6.07, 6.45) is 1.51. The number of anilines is 1. The molecule has 0 aliphatic heterocycles. The molecule has 0 saturated heterocycles. The smallest absolute Gasteiger partial charge is 0.323 e. The van der Waals surface area contributed by atoms with Crippen molar-refractivity contribution in [2.45, 2.75) is 11.3 Å². The Morgan fingerprint density at radius 1 is 1.07 bits per heavy atom. The molecule has 3 rings (SSSR count). The molecule has 2 aromatic carbocycles. The molecule has 0 atom stereocenters. The number of rotatable bonds is 6. The van der Waals surface area contributed by atoms with E-state index in [0.29, 0.717) is 23.2 Å². The highest BCUT2D eigenvalue weighted by Gasteiger charge is 2.18. The fourth-order valence-electron chi connectivity index (χ4n) is 2.21. The zero-order valence-corrected chi connectivity index (χ0v) is 15.2. The predicted molar refractivity (Wildman–Crippen MR) is 99.0 cm³/mol. The van der Waals surface area contributed by atoms with Gasteiger partial charge in [-0.2, -0.15) is 0 Å². The van der Waals surface area contributed by atoms with E-state index in [1.54, 1.807) is 6.07 Å². The number of nitrogens with one attached hydrogen (secondary N) is 1. The van der Waals surface area contributed by atoms with Gasteiger partial charge in [-0.25, -0.2) is 23.1 Å². The maximum absolute atomic E-state index is 14.0. The highest BCUT2D eigenvalue weighted by atomic mass is 35.5. The fraction of sp³-hybridized carbons (Fsp3) is 0.0556. The van der Waals surface area contributed by atoms with E-state index in [1.165, 1.54) is 24.4 Å². The van der Waals surface area contributed by atoms with Crippen molar-refractivity contribution < 1.29 is 18.0 Å². The summed E-state index contributed by atoms with van der Waals surface area (Å²) >= 11 is 6.31. The van der Waals surface area contributed by atoms with Crippen LogP contribution in [0.25, 0.3) is 0 Å². The summed E-state index contributed by atoms with van der Waals surface area (Å²) in [6, 6.07) is 8.88. The molecule has 0 radical (unpaired) electrons. The first-order valence-corrected chi connectivity index (χ1v) is 8.82. The first-order valence-electron chi connectivity index (χ1n) is 7.63. The van der Waals surface area contributed by atoms with Crippen LogP contribution in [0.3, 0.4) is 0 Å². The molecule has 0 bridgehead atoms. The molecule has 0 amide bonds. The lowest BCUT2D eigenvalue weighted by molar-refractivity contribution is 0.541. The molecule has 0 unspecified atom stereocenters. The van der Waals surface area contributed by atoms with E-state index in [2.05, 4.69) is 14.7 Å². The number of ketones is 1. The van der Waals surface area contributed by atoms with Crippen LogP contribution < -0.4 is 4.72 Å². The standard InChI is InChI=1S/C18H11ClF3N3OS/c19-18-23-7-6-11(24-18)9-16(26)10-4-5-12(20)15(8-10)25-27-17-13(21)2-1-3-14(17)22/h1-8,25H,9H2/p+1. The van der Waals surface area contributed by atoms with E-state index in [1.807, 2.05) is 0 Å². The van der Waals surface area contributed by atoms with E-state index in [0.717, 1.165) is 18.2 Å². The highest BCUT2D eigenvalue weighted by Crippen LogP contribution is 2.28. The molecule has 4 nitrogen and oxygen atoms in total. The lowest BCUT2D eigenvalue weighted by Crippen LogP contribution is -2.08. The molecule has 138 valence electrons. The average molecular weight is 411 g/mol. The average Bonchev–Trinajstić information content (AvgIpc) is 2.62. The van der Waals surface area contributed by atoms with Crippen LogP contribution in [0.1, 0.15) is 11.3 Å². The van der Waals surface area contributed by atoms with Crippen LogP contribution in [-0.4, -0.2) is 20.5 Å².